The predicted octanol–water partition coefficient (Wildman–Crippen LogP) is 2.71. The van der Waals surface area contributed by atoms with Crippen molar-refractivity contribution in [3.63, 3.8) is 0 Å². The molecule has 92 valence electrons. The van der Waals surface area contributed by atoms with Crippen LogP contribution in [0.2, 0.25) is 5.02 Å². The fourth-order valence-electron chi connectivity index (χ4n) is 1.36. The molecule has 2 aromatic rings. The molecule has 0 atom stereocenters. The molecular formula is C12H9ClFN3O. The Labute approximate surface area is 108 Å². The highest BCUT2D eigenvalue weighted by Gasteiger charge is 2.14. The van der Waals surface area contributed by atoms with Crippen molar-refractivity contribution in [3.8, 4) is 0 Å². The van der Waals surface area contributed by atoms with Gasteiger partial charge in [0.2, 0.25) is 0 Å². The molecule has 0 fully saturated rings. The van der Waals surface area contributed by atoms with Crippen molar-refractivity contribution in [3.05, 3.63) is 52.9 Å². The van der Waals surface area contributed by atoms with E-state index in [1.165, 1.54) is 30.3 Å². The lowest BCUT2D eigenvalue weighted by Gasteiger charge is -2.07. The van der Waals surface area contributed by atoms with Crippen molar-refractivity contribution < 1.29 is 9.18 Å². The van der Waals surface area contributed by atoms with Crippen LogP contribution in [0.3, 0.4) is 0 Å². The highest BCUT2D eigenvalue weighted by atomic mass is 35.5. The Bertz CT molecular complexity index is 604. The highest BCUT2D eigenvalue weighted by molar-refractivity contribution is 6.34. The number of carbonyl (C=O) groups is 1. The average molecular weight is 266 g/mol. The lowest BCUT2D eigenvalue weighted by atomic mass is 10.2. The van der Waals surface area contributed by atoms with E-state index in [1.54, 1.807) is 6.07 Å². The minimum absolute atomic E-state index is 0.0417. The molecule has 0 aliphatic carbocycles. The topological polar surface area (TPSA) is 68.0 Å². The number of amides is 1. The average Bonchev–Trinajstić information content (AvgIpc) is 2.35. The number of hydrogen-bond donors (Lipinski definition) is 2. The van der Waals surface area contributed by atoms with Crippen LogP contribution in [-0.4, -0.2) is 10.9 Å². The van der Waals surface area contributed by atoms with Gasteiger partial charge < -0.3 is 11.1 Å². The molecule has 3 N–H and O–H groups in total. The molecular weight excluding hydrogens is 257 g/mol. The second kappa shape index (κ2) is 5.01. The molecule has 0 radical (unpaired) electrons. The Morgan fingerprint density at radius 3 is 2.72 bits per heavy atom. The number of halogens is 2. The van der Waals surface area contributed by atoms with E-state index in [1.807, 2.05) is 0 Å². The third kappa shape index (κ3) is 2.57. The summed E-state index contributed by atoms with van der Waals surface area (Å²) >= 11 is 5.82. The van der Waals surface area contributed by atoms with Gasteiger partial charge in [0.1, 0.15) is 17.3 Å². The second-order valence-electron chi connectivity index (χ2n) is 3.50. The number of pyridine rings is 1. The van der Waals surface area contributed by atoms with Gasteiger partial charge in [0.05, 0.1) is 10.7 Å². The lowest BCUT2D eigenvalue weighted by molar-refractivity contribution is 0.102. The van der Waals surface area contributed by atoms with Gasteiger partial charge in [-0.1, -0.05) is 23.7 Å². The maximum atomic E-state index is 13.4. The van der Waals surface area contributed by atoms with Gasteiger partial charge >= 0.3 is 0 Å². The van der Waals surface area contributed by atoms with Crippen LogP contribution in [0.15, 0.2) is 36.4 Å². The number of aromatic nitrogens is 1. The van der Waals surface area contributed by atoms with Crippen LogP contribution in [0, 0.1) is 5.82 Å². The maximum Gasteiger partial charge on any atom is 0.275 e. The van der Waals surface area contributed by atoms with Crippen molar-refractivity contribution in [2.75, 3.05) is 11.1 Å². The molecule has 1 heterocycles. The number of rotatable bonds is 2. The SMILES string of the molecule is Nc1ccc(Cl)c(C(=O)Nc2ccccc2F)n1. The summed E-state index contributed by atoms with van der Waals surface area (Å²) < 4.78 is 13.4. The van der Waals surface area contributed by atoms with Crippen LogP contribution in [0.4, 0.5) is 15.9 Å². The van der Waals surface area contributed by atoms with Gasteiger partial charge in [-0.25, -0.2) is 9.37 Å². The molecule has 0 aliphatic heterocycles. The van der Waals surface area contributed by atoms with Gasteiger partial charge in [0, 0.05) is 0 Å². The molecule has 0 spiro atoms. The van der Waals surface area contributed by atoms with E-state index in [0.29, 0.717) is 0 Å². The smallest absolute Gasteiger partial charge is 0.275 e. The fraction of sp³-hybridized carbons (Fsp3) is 0. The normalized spacial score (nSPS) is 10.1. The van der Waals surface area contributed by atoms with Gasteiger partial charge in [-0.05, 0) is 24.3 Å². The minimum Gasteiger partial charge on any atom is -0.384 e. The van der Waals surface area contributed by atoms with Crippen LogP contribution in [0.25, 0.3) is 0 Å². The van der Waals surface area contributed by atoms with Gasteiger partial charge in [0.15, 0.2) is 0 Å². The predicted molar refractivity (Wildman–Crippen MR) is 68.0 cm³/mol. The van der Waals surface area contributed by atoms with Crippen LogP contribution < -0.4 is 11.1 Å². The molecule has 1 aromatic carbocycles. The summed E-state index contributed by atoms with van der Waals surface area (Å²) in [4.78, 5) is 15.7. The summed E-state index contributed by atoms with van der Waals surface area (Å²) in [6.07, 6.45) is 0. The molecule has 0 saturated heterocycles. The molecule has 0 saturated carbocycles. The number of nitrogens with zero attached hydrogens (tertiary/aromatic N) is 1. The number of hydrogen-bond acceptors (Lipinski definition) is 3. The molecule has 18 heavy (non-hydrogen) atoms. The summed E-state index contributed by atoms with van der Waals surface area (Å²) in [6.45, 7) is 0. The summed E-state index contributed by atoms with van der Waals surface area (Å²) in [5.41, 5.74) is 5.48. The molecule has 6 heteroatoms. The fourth-order valence-corrected chi connectivity index (χ4v) is 1.55. The summed E-state index contributed by atoms with van der Waals surface area (Å²) in [5.74, 6) is -0.985. The van der Waals surface area contributed by atoms with Crippen LogP contribution in [0.5, 0.6) is 0 Å². The van der Waals surface area contributed by atoms with E-state index < -0.39 is 11.7 Å². The lowest BCUT2D eigenvalue weighted by Crippen LogP contribution is -2.15. The Balaban J connectivity index is 2.28. The molecule has 0 unspecified atom stereocenters. The van der Waals surface area contributed by atoms with Crippen LogP contribution in [0.1, 0.15) is 10.5 Å². The number of anilines is 2. The van der Waals surface area contributed by atoms with E-state index >= 15 is 0 Å². The second-order valence-corrected chi connectivity index (χ2v) is 3.91. The molecule has 0 aliphatic rings. The monoisotopic (exact) mass is 265 g/mol. The molecule has 1 aromatic heterocycles. The van der Waals surface area contributed by atoms with E-state index in [2.05, 4.69) is 10.3 Å². The standard InChI is InChI=1S/C12H9ClFN3O/c13-7-5-6-10(15)17-11(7)12(18)16-9-4-2-1-3-8(9)14/h1-6H,(H2,15,17)(H,16,18). The number of benzene rings is 1. The quantitative estimate of drug-likeness (QED) is 0.877. The molecule has 0 bridgehead atoms. The summed E-state index contributed by atoms with van der Waals surface area (Å²) in [6, 6.07) is 8.74. The number of para-hydroxylation sites is 1. The summed E-state index contributed by atoms with van der Waals surface area (Å²) in [7, 11) is 0. The van der Waals surface area contributed by atoms with Crippen molar-refractivity contribution in [2.24, 2.45) is 0 Å². The molecule has 2 rings (SSSR count). The van der Waals surface area contributed by atoms with Crippen molar-refractivity contribution in [1.82, 2.24) is 4.98 Å². The van der Waals surface area contributed by atoms with Gasteiger partial charge in [-0.2, -0.15) is 0 Å². The Hall–Kier alpha value is -2.14. The largest absolute Gasteiger partial charge is 0.384 e. The zero-order valence-electron chi connectivity index (χ0n) is 9.15. The zero-order chi connectivity index (χ0) is 13.1. The summed E-state index contributed by atoms with van der Waals surface area (Å²) in [5, 5.41) is 2.53. The highest BCUT2D eigenvalue weighted by Crippen LogP contribution is 2.18. The number of nitrogens with one attached hydrogen (secondary N) is 1. The van der Waals surface area contributed by atoms with Crippen LogP contribution >= 0.6 is 11.6 Å². The Kier molecular flexibility index (Phi) is 3.43. The first-order chi connectivity index (χ1) is 8.58. The number of nitrogens with two attached hydrogens (primary N) is 1. The molecule has 1 amide bonds. The first-order valence-corrected chi connectivity index (χ1v) is 5.43. The Morgan fingerprint density at radius 1 is 1.28 bits per heavy atom. The van der Waals surface area contributed by atoms with Crippen molar-refractivity contribution >= 4 is 29.0 Å². The molecule has 4 nitrogen and oxygen atoms in total. The van der Waals surface area contributed by atoms with Crippen molar-refractivity contribution in [1.29, 1.82) is 0 Å². The van der Waals surface area contributed by atoms with Gasteiger partial charge in [-0.3, -0.25) is 4.79 Å². The minimum atomic E-state index is -0.614. The van der Waals surface area contributed by atoms with E-state index in [0.717, 1.165) is 0 Å². The van der Waals surface area contributed by atoms with Crippen molar-refractivity contribution in [2.45, 2.75) is 0 Å². The number of carbonyl (C=O) groups excluding carboxylic acids is 1. The van der Waals surface area contributed by atoms with Gasteiger partial charge in [0.25, 0.3) is 5.91 Å². The zero-order valence-corrected chi connectivity index (χ0v) is 9.91. The third-order valence-corrected chi connectivity index (χ3v) is 2.51. The first-order valence-electron chi connectivity index (χ1n) is 5.06. The first kappa shape index (κ1) is 12.3. The van der Waals surface area contributed by atoms with Gasteiger partial charge in [-0.15, -0.1) is 0 Å². The third-order valence-electron chi connectivity index (χ3n) is 2.20. The maximum absolute atomic E-state index is 13.4. The van der Waals surface area contributed by atoms with E-state index in [-0.39, 0.29) is 22.2 Å². The Morgan fingerprint density at radius 2 is 2.00 bits per heavy atom. The number of nitrogen functional groups attached to an aromatic ring is 1. The van der Waals surface area contributed by atoms with Crippen LogP contribution in [-0.2, 0) is 0 Å². The van der Waals surface area contributed by atoms with E-state index in [9.17, 15) is 9.18 Å². The van der Waals surface area contributed by atoms with E-state index in [4.69, 9.17) is 17.3 Å².